The first-order chi connectivity index (χ1) is 6.05. The summed E-state index contributed by atoms with van der Waals surface area (Å²) in [6.07, 6.45) is 6.27. The molecule has 0 spiro atoms. The average Bonchev–Trinajstić information content (AvgIpc) is 2.25. The van der Waals surface area contributed by atoms with Crippen molar-refractivity contribution in [2.24, 2.45) is 0 Å². The third-order valence-corrected chi connectivity index (χ3v) is 3.19. The quantitative estimate of drug-likeness (QED) is 0.462. The molecule has 0 aromatic rings. The van der Waals surface area contributed by atoms with E-state index in [1.807, 2.05) is 0 Å². The van der Waals surface area contributed by atoms with Crippen LogP contribution in [0.4, 0.5) is 0 Å². The van der Waals surface area contributed by atoms with Gasteiger partial charge >= 0.3 is 0 Å². The van der Waals surface area contributed by atoms with Gasteiger partial charge in [0.2, 0.25) is 5.91 Å². The van der Waals surface area contributed by atoms with Gasteiger partial charge in [0.05, 0.1) is 0 Å². The van der Waals surface area contributed by atoms with Gasteiger partial charge < -0.3 is 4.90 Å². The Morgan fingerprint density at radius 2 is 2.23 bits per heavy atom. The first-order valence-corrected chi connectivity index (χ1v) is 5.79. The van der Waals surface area contributed by atoms with E-state index in [0.29, 0.717) is 19.4 Å². The summed E-state index contributed by atoms with van der Waals surface area (Å²) in [4.78, 5) is 12.4. The van der Waals surface area contributed by atoms with Crippen molar-refractivity contribution in [1.29, 1.82) is 0 Å². The van der Waals surface area contributed by atoms with Crippen LogP contribution < -0.4 is 0 Å². The lowest BCUT2D eigenvalue weighted by molar-refractivity contribution is -0.126. The molecule has 1 amide bonds. The summed E-state index contributed by atoms with van der Waals surface area (Å²) in [6.45, 7) is 0.447. The number of sulfone groups is 1. The van der Waals surface area contributed by atoms with Crippen molar-refractivity contribution in [1.82, 2.24) is 4.90 Å². The van der Waals surface area contributed by atoms with Gasteiger partial charge in [0.15, 0.2) is 9.84 Å². The van der Waals surface area contributed by atoms with E-state index in [1.54, 1.807) is 0 Å². The highest BCUT2D eigenvalue weighted by Crippen LogP contribution is 2.09. The Hall–Kier alpha value is -1.02. The number of hydrogen-bond acceptors (Lipinski definition) is 3. The number of carbonyl (C=O) groups excluding carboxylic acids is 1. The topological polar surface area (TPSA) is 54.5 Å². The molecule has 0 N–H and O–H groups in total. The van der Waals surface area contributed by atoms with E-state index in [0.717, 1.165) is 0 Å². The predicted molar refractivity (Wildman–Crippen MR) is 48.4 cm³/mol. The van der Waals surface area contributed by atoms with Gasteiger partial charge in [-0.25, -0.2) is 8.42 Å². The fourth-order valence-electron chi connectivity index (χ4n) is 1.20. The average molecular weight is 201 g/mol. The zero-order valence-corrected chi connectivity index (χ0v) is 8.01. The summed E-state index contributed by atoms with van der Waals surface area (Å²) in [5.74, 6) is 1.64. The van der Waals surface area contributed by atoms with Crippen LogP contribution in [0, 0.1) is 12.3 Å². The minimum absolute atomic E-state index is 0.142. The van der Waals surface area contributed by atoms with E-state index in [-0.39, 0.29) is 17.5 Å². The van der Waals surface area contributed by atoms with E-state index in [1.165, 1.54) is 4.90 Å². The van der Waals surface area contributed by atoms with Gasteiger partial charge in [0.25, 0.3) is 0 Å². The Kier molecular flexibility index (Phi) is 2.94. The fraction of sp³-hybridized carbons (Fsp3) is 0.625. The third-order valence-electron chi connectivity index (χ3n) is 1.80. The molecule has 1 heterocycles. The normalized spacial score (nSPS) is 20.2. The number of rotatable bonds is 3. The minimum Gasteiger partial charge on any atom is -0.327 e. The summed E-state index contributed by atoms with van der Waals surface area (Å²) in [7, 11) is -3.16. The Labute approximate surface area is 77.8 Å². The summed E-state index contributed by atoms with van der Waals surface area (Å²) in [5, 5.41) is 0. The van der Waals surface area contributed by atoms with Crippen molar-refractivity contribution in [3.05, 3.63) is 0 Å². The largest absolute Gasteiger partial charge is 0.327 e. The minimum atomic E-state index is -3.16. The molecular weight excluding hydrogens is 190 g/mol. The van der Waals surface area contributed by atoms with Crippen LogP contribution in [0.2, 0.25) is 0 Å². The molecular formula is C8H11NO3S. The van der Waals surface area contributed by atoms with Gasteiger partial charge in [0, 0.05) is 13.0 Å². The lowest BCUT2D eigenvalue weighted by Crippen LogP contribution is -2.26. The summed E-state index contributed by atoms with van der Waals surface area (Å²) >= 11 is 0. The highest BCUT2D eigenvalue weighted by molar-refractivity contribution is 7.92. The summed E-state index contributed by atoms with van der Waals surface area (Å²) < 4.78 is 22.0. The van der Waals surface area contributed by atoms with Crippen molar-refractivity contribution < 1.29 is 13.2 Å². The van der Waals surface area contributed by atoms with Crippen LogP contribution in [0.25, 0.3) is 0 Å². The predicted octanol–water partition coefficient (Wildman–Crippen LogP) is -0.386. The second-order valence-electron chi connectivity index (χ2n) is 2.98. The molecule has 0 saturated carbocycles. The van der Waals surface area contributed by atoms with E-state index in [4.69, 9.17) is 6.42 Å². The molecule has 0 aliphatic carbocycles. The van der Waals surface area contributed by atoms with Crippen molar-refractivity contribution in [2.75, 3.05) is 18.2 Å². The van der Waals surface area contributed by atoms with Crippen molar-refractivity contribution in [3.63, 3.8) is 0 Å². The van der Waals surface area contributed by atoms with Crippen LogP contribution in [0.15, 0.2) is 0 Å². The van der Waals surface area contributed by atoms with Gasteiger partial charge in [-0.05, 0) is 6.42 Å². The number of nitrogens with zero attached hydrogens (tertiary/aromatic N) is 1. The molecule has 0 bridgehead atoms. The Morgan fingerprint density at radius 1 is 1.54 bits per heavy atom. The highest BCUT2D eigenvalue weighted by Gasteiger charge is 2.32. The molecule has 0 unspecified atom stereocenters. The molecule has 13 heavy (non-hydrogen) atoms. The molecule has 0 atom stereocenters. The third kappa shape index (κ3) is 2.74. The van der Waals surface area contributed by atoms with Crippen molar-refractivity contribution in [2.45, 2.75) is 12.8 Å². The molecule has 0 radical (unpaired) electrons. The Balaban J connectivity index is 2.46. The molecule has 1 saturated heterocycles. The number of unbranched alkanes of at least 4 members (excludes halogenated alkanes) is 1. The molecule has 5 heteroatoms. The second-order valence-corrected chi connectivity index (χ2v) is 5.02. The van der Waals surface area contributed by atoms with Crippen molar-refractivity contribution >= 4 is 15.7 Å². The van der Waals surface area contributed by atoms with Crippen LogP contribution in [0.1, 0.15) is 12.8 Å². The monoisotopic (exact) mass is 201 g/mol. The maximum atomic E-state index is 11.1. The zero-order valence-electron chi connectivity index (χ0n) is 7.19. The molecule has 1 aliphatic rings. The van der Waals surface area contributed by atoms with E-state index in [9.17, 15) is 13.2 Å². The van der Waals surface area contributed by atoms with Crippen LogP contribution in [-0.2, 0) is 14.6 Å². The Bertz CT molecular complexity index is 339. The smallest absolute Gasteiger partial charge is 0.238 e. The van der Waals surface area contributed by atoms with Gasteiger partial charge in [-0.1, -0.05) is 0 Å². The molecule has 0 aromatic carbocycles. The van der Waals surface area contributed by atoms with Gasteiger partial charge in [-0.15, -0.1) is 12.3 Å². The molecule has 4 nitrogen and oxygen atoms in total. The first kappa shape index (κ1) is 10.1. The molecule has 1 aliphatic heterocycles. The maximum Gasteiger partial charge on any atom is 0.238 e. The first-order valence-electron chi connectivity index (χ1n) is 3.97. The molecule has 1 rings (SSSR count). The number of terminal acetylenes is 1. The summed E-state index contributed by atoms with van der Waals surface area (Å²) in [6, 6.07) is 0. The van der Waals surface area contributed by atoms with Crippen LogP contribution in [0.5, 0.6) is 0 Å². The lowest BCUT2D eigenvalue weighted by Gasteiger charge is -2.11. The maximum absolute atomic E-state index is 11.1. The zero-order chi connectivity index (χ0) is 9.90. The van der Waals surface area contributed by atoms with Gasteiger partial charge in [-0.3, -0.25) is 4.79 Å². The number of hydrogen-bond donors (Lipinski definition) is 0. The SMILES string of the molecule is C#CCCCN1CS(=O)(=O)CC1=O. The Morgan fingerprint density at radius 3 is 2.69 bits per heavy atom. The highest BCUT2D eigenvalue weighted by atomic mass is 32.2. The van der Waals surface area contributed by atoms with E-state index < -0.39 is 9.84 Å². The molecule has 0 aromatic heterocycles. The fourth-order valence-corrected chi connectivity index (χ4v) is 2.59. The van der Waals surface area contributed by atoms with Crippen LogP contribution in [-0.4, -0.2) is 37.4 Å². The standard InChI is InChI=1S/C8H11NO3S/c1-2-3-4-5-9-7-13(11,12)6-8(9)10/h1H,3-7H2. The van der Waals surface area contributed by atoms with Crippen molar-refractivity contribution in [3.8, 4) is 12.3 Å². The van der Waals surface area contributed by atoms with E-state index in [2.05, 4.69) is 5.92 Å². The van der Waals surface area contributed by atoms with Crippen LogP contribution >= 0.6 is 0 Å². The summed E-state index contributed by atoms with van der Waals surface area (Å²) in [5.41, 5.74) is 0. The van der Waals surface area contributed by atoms with Crippen LogP contribution in [0.3, 0.4) is 0 Å². The number of carbonyl (C=O) groups is 1. The lowest BCUT2D eigenvalue weighted by atomic mass is 10.3. The van der Waals surface area contributed by atoms with Gasteiger partial charge in [-0.2, -0.15) is 0 Å². The second kappa shape index (κ2) is 3.79. The van der Waals surface area contributed by atoms with E-state index >= 15 is 0 Å². The number of amides is 1. The van der Waals surface area contributed by atoms with Gasteiger partial charge in [0.1, 0.15) is 11.6 Å². The molecule has 1 fully saturated rings. The molecule has 72 valence electrons.